The molecule has 2 rings (SSSR count). The molecule has 1 saturated heterocycles. The summed E-state index contributed by atoms with van der Waals surface area (Å²) in [6.45, 7) is 5.05. The van der Waals surface area contributed by atoms with Gasteiger partial charge in [0.15, 0.2) is 5.78 Å². The standard InChI is InChI=1S/C16H22FNO3/c1-3-12-11-18(9-10-21-12)8-7-14(19)16-13(17)5-4-6-15(16)20-2/h4-6,12H,3,7-11H2,1-2H3. The number of methoxy groups -OCH3 is 1. The Balaban J connectivity index is 1.96. The van der Waals surface area contributed by atoms with Crippen LogP contribution in [0.3, 0.4) is 0 Å². The molecule has 1 aromatic carbocycles. The van der Waals surface area contributed by atoms with Gasteiger partial charge in [0.05, 0.1) is 25.4 Å². The van der Waals surface area contributed by atoms with Crippen LogP contribution in [0.1, 0.15) is 30.1 Å². The molecule has 0 aliphatic carbocycles. The number of halogens is 1. The van der Waals surface area contributed by atoms with E-state index in [0.29, 0.717) is 18.9 Å². The van der Waals surface area contributed by atoms with E-state index in [1.807, 2.05) is 0 Å². The highest BCUT2D eigenvalue weighted by molar-refractivity contribution is 5.99. The van der Waals surface area contributed by atoms with Crippen LogP contribution in [0.4, 0.5) is 4.39 Å². The fourth-order valence-electron chi connectivity index (χ4n) is 2.56. The van der Waals surface area contributed by atoms with Gasteiger partial charge in [-0.25, -0.2) is 4.39 Å². The molecule has 0 saturated carbocycles. The Morgan fingerprint density at radius 3 is 3.05 bits per heavy atom. The first kappa shape index (κ1) is 15.9. The van der Waals surface area contributed by atoms with Crippen molar-refractivity contribution in [3.05, 3.63) is 29.6 Å². The summed E-state index contributed by atoms with van der Waals surface area (Å²) >= 11 is 0. The lowest BCUT2D eigenvalue weighted by molar-refractivity contribution is -0.0293. The highest BCUT2D eigenvalue weighted by atomic mass is 19.1. The number of carbonyl (C=O) groups excluding carboxylic acids is 1. The zero-order valence-corrected chi connectivity index (χ0v) is 12.6. The van der Waals surface area contributed by atoms with Gasteiger partial charge >= 0.3 is 0 Å². The Morgan fingerprint density at radius 1 is 1.52 bits per heavy atom. The quantitative estimate of drug-likeness (QED) is 0.756. The van der Waals surface area contributed by atoms with Gasteiger partial charge in [0.1, 0.15) is 11.6 Å². The van der Waals surface area contributed by atoms with Crippen LogP contribution in [0.5, 0.6) is 5.75 Å². The van der Waals surface area contributed by atoms with E-state index < -0.39 is 5.82 Å². The second-order valence-electron chi connectivity index (χ2n) is 5.19. The molecule has 0 amide bonds. The smallest absolute Gasteiger partial charge is 0.170 e. The van der Waals surface area contributed by atoms with Crippen molar-refractivity contribution in [1.29, 1.82) is 0 Å². The number of hydrogen-bond donors (Lipinski definition) is 0. The fourth-order valence-corrected chi connectivity index (χ4v) is 2.56. The molecular weight excluding hydrogens is 273 g/mol. The summed E-state index contributed by atoms with van der Waals surface area (Å²) in [5, 5.41) is 0. The maximum atomic E-state index is 13.8. The number of ketones is 1. The highest BCUT2D eigenvalue weighted by Gasteiger charge is 2.22. The minimum atomic E-state index is -0.521. The third kappa shape index (κ3) is 4.02. The number of benzene rings is 1. The van der Waals surface area contributed by atoms with E-state index in [1.165, 1.54) is 13.2 Å². The predicted molar refractivity (Wildman–Crippen MR) is 78.4 cm³/mol. The van der Waals surface area contributed by atoms with Crippen molar-refractivity contribution in [2.45, 2.75) is 25.9 Å². The average molecular weight is 295 g/mol. The summed E-state index contributed by atoms with van der Waals surface area (Å²) in [7, 11) is 1.44. The molecule has 1 unspecified atom stereocenters. The molecule has 1 atom stereocenters. The van der Waals surface area contributed by atoms with Crippen LogP contribution in [0, 0.1) is 5.82 Å². The van der Waals surface area contributed by atoms with Crippen LogP contribution in [0.25, 0.3) is 0 Å². The average Bonchev–Trinajstić information content (AvgIpc) is 2.52. The van der Waals surface area contributed by atoms with Crippen molar-refractivity contribution >= 4 is 5.78 Å². The van der Waals surface area contributed by atoms with Gasteiger partial charge < -0.3 is 9.47 Å². The minimum absolute atomic E-state index is 0.0558. The van der Waals surface area contributed by atoms with Gasteiger partial charge in [0, 0.05) is 26.1 Å². The van der Waals surface area contributed by atoms with E-state index in [2.05, 4.69) is 11.8 Å². The first-order chi connectivity index (χ1) is 10.2. The van der Waals surface area contributed by atoms with Crippen LogP contribution >= 0.6 is 0 Å². The lowest BCUT2D eigenvalue weighted by Gasteiger charge is -2.32. The molecule has 0 radical (unpaired) electrons. The summed E-state index contributed by atoms with van der Waals surface area (Å²) in [5.74, 6) is -0.439. The number of morpholine rings is 1. The molecular formula is C16H22FNO3. The molecule has 1 heterocycles. The zero-order chi connectivity index (χ0) is 15.2. The van der Waals surface area contributed by atoms with Crippen molar-refractivity contribution < 1.29 is 18.7 Å². The van der Waals surface area contributed by atoms with E-state index in [0.717, 1.165) is 19.5 Å². The first-order valence-corrected chi connectivity index (χ1v) is 7.35. The van der Waals surface area contributed by atoms with Gasteiger partial charge in [-0.05, 0) is 18.6 Å². The van der Waals surface area contributed by atoms with Crippen LogP contribution < -0.4 is 4.74 Å². The van der Waals surface area contributed by atoms with Crippen molar-refractivity contribution in [1.82, 2.24) is 4.90 Å². The molecule has 21 heavy (non-hydrogen) atoms. The molecule has 116 valence electrons. The number of carbonyl (C=O) groups is 1. The number of Topliss-reactive ketones (excluding diaryl/α,β-unsaturated/α-hetero) is 1. The van der Waals surface area contributed by atoms with Crippen LogP contribution in [-0.4, -0.2) is 50.1 Å². The van der Waals surface area contributed by atoms with Gasteiger partial charge in [-0.3, -0.25) is 9.69 Å². The van der Waals surface area contributed by atoms with Gasteiger partial charge in [-0.1, -0.05) is 13.0 Å². The Hall–Kier alpha value is -1.46. The summed E-state index contributed by atoms with van der Waals surface area (Å²) in [6, 6.07) is 4.44. The molecule has 1 aliphatic heterocycles. The maximum Gasteiger partial charge on any atom is 0.170 e. The Morgan fingerprint density at radius 2 is 2.33 bits per heavy atom. The van der Waals surface area contributed by atoms with Crippen molar-refractivity contribution in [2.75, 3.05) is 33.4 Å². The molecule has 0 bridgehead atoms. The number of nitrogens with zero attached hydrogens (tertiary/aromatic N) is 1. The monoisotopic (exact) mass is 295 g/mol. The Labute approximate surface area is 124 Å². The topological polar surface area (TPSA) is 38.8 Å². The molecule has 1 aliphatic rings. The second kappa shape index (κ2) is 7.52. The number of ether oxygens (including phenoxy) is 2. The SMILES string of the molecule is CCC1CN(CCC(=O)c2c(F)cccc2OC)CCO1. The summed E-state index contributed by atoms with van der Waals surface area (Å²) in [6.07, 6.45) is 1.48. The van der Waals surface area contributed by atoms with Crippen molar-refractivity contribution in [3.63, 3.8) is 0 Å². The van der Waals surface area contributed by atoms with Crippen molar-refractivity contribution in [2.24, 2.45) is 0 Å². The van der Waals surface area contributed by atoms with Crippen LogP contribution in [0.15, 0.2) is 18.2 Å². The molecule has 0 aromatic heterocycles. The van der Waals surface area contributed by atoms with Crippen molar-refractivity contribution in [3.8, 4) is 5.75 Å². The van der Waals surface area contributed by atoms with E-state index >= 15 is 0 Å². The second-order valence-corrected chi connectivity index (χ2v) is 5.19. The third-order valence-electron chi connectivity index (χ3n) is 3.81. The van der Waals surface area contributed by atoms with Gasteiger partial charge in [0.25, 0.3) is 0 Å². The molecule has 4 nitrogen and oxygen atoms in total. The Bertz CT molecular complexity index is 492. The van der Waals surface area contributed by atoms with E-state index in [4.69, 9.17) is 9.47 Å². The number of rotatable bonds is 6. The third-order valence-corrected chi connectivity index (χ3v) is 3.81. The van der Waals surface area contributed by atoms with Crippen LogP contribution in [0.2, 0.25) is 0 Å². The molecule has 5 heteroatoms. The summed E-state index contributed by atoms with van der Waals surface area (Å²) in [5.41, 5.74) is 0.0558. The lowest BCUT2D eigenvalue weighted by atomic mass is 10.1. The van der Waals surface area contributed by atoms with Crippen LogP contribution in [-0.2, 0) is 4.74 Å². The normalized spacial score (nSPS) is 19.5. The van der Waals surface area contributed by atoms with E-state index in [1.54, 1.807) is 12.1 Å². The zero-order valence-electron chi connectivity index (χ0n) is 12.6. The molecule has 0 spiro atoms. The minimum Gasteiger partial charge on any atom is -0.496 e. The predicted octanol–water partition coefficient (Wildman–Crippen LogP) is 2.52. The lowest BCUT2D eigenvalue weighted by Crippen LogP contribution is -2.42. The fraction of sp³-hybridized carbons (Fsp3) is 0.562. The molecule has 1 fully saturated rings. The van der Waals surface area contributed by atoms with Gasteiger partial charge in [-0.2, -0.15) is 0 Å². The summed E-state index contributed by atoms with van der Waals surface area (Å²) < 4.78 is 24.5. The summed E-state index contributed by atoms with van der Waals surface area (Å²) in [4.78, 5) is 14.5. The largest absolute Gasteiger partial charge is 0.496 e. The number of hydrogen-bond acceptors (Lipinski definition) is 4. The maximum absolute atomic E-state index is 13.8. The van der Waals surface area contributed by atoms with Gasteiger partial charge in [0.2, 0.25) is 0 Å². The molecule has 0 N–H and O–H groups in total. The van der Waals surface area contributed by atoms with Gasteiger partial charge in [-0.15, -0.1) is 0 Å². The highest BCUT2D eigenvalue weighted by Crippen LogP contribution is 2.23. The molecule has 1 aromatic rings. The first-order valence-electron chi connectivity index (χ1n) is 7.35. The van der Waals surface area contributed by atoms with E-state index in [9.17, 15) is 9.18 Å². The van der Waals surface area contributed by atoms with E-state index in [-0.39, 0.29) is 23.9 Å². The Kier molecular flexibility index (Phi) is 5.70.